The summed E-state index contributed by atoms with van der Waals surface area (Å²) in [5.41, 5.74) is 1.65. The predicted octanol–water partition coefficient (Wildman–Crippen LogP) is 3.83. The highest BCUT2D eigenvalue weighted by Gasteiger charge is 2.34. The predicted molar refractivity (Wildman–Crippen MR) is 105 cm³/mol. The van der Waals surface area contributed by atoms with Gasteiger partial charge in [-0.2, -0.15) is 0 Å². The molecule has 0 fully saturated rings. The Hall–Kier alpha value is -2.22. The number of carbonyl (C=O) groups is 2. The van der Waals surface area contributed by atoms with Gasteiger partial charge in [0.1, 0.15) is 0 Å². The Morgan fingerprint density at radius 2 is 1.89 bits per heavy atom. The highest BCUT2D eigenvalue weighted by atomic mass is 79.9. The zero-order valence-corrected chi connectivity index (χ0v) is 17.6. The summed E-state index contributed by atoms with van der Waals surface area (Å²) in [6.07, 6.45) is 1.34. The van der Waals surface area contributed by atoms with Crippen molar-refractivity contribution in [3.8, 4) is 11.5 Å². The van der Waals surface area contributed by atoms with E-state index in [0.717, 1.165) is 6.42 Å². The molecular formula is C19H25BrN2O5. The standard InChI is InChI=1S/C19H25BrN2O5/c1-5-8-13-15(18(23)25-4)16(22-19(24)21-13)11-9-12(20)17(27-7-3)14(10-11)26-6-2/h9-10,16H,5-8H2,1-4H3,(H2,21,22,24). The highest BCUT2D eigenvalue weighted by molar-refractivity contribution is 9.10. The van der Waals surface area contributed by atoms with Crippen molar-refractivity contribution < 1.29 is 23.8 Å². The lowest BCUT2D eigenvalue weighted by molar-refractivity contribution is -0.136. The van der Waals surface area contributed by atoms with Crippen molar-refractivity contribution in [2.24, 2.45) is 0 Å². The van der Waals surface area contributed by atoms with Gasteiger partial charge in [0.2, 0.25) is 0 Å². The molecule has 8 heteroatoms. The summed E-state index contributed by atoms with van der Waals surface area (Å²) in [5.74, 6) is 0.637. The van der Waals surface area contributed by atoms with Gasteiger partial charge in [-0.15, -0.1) is 0 Å². The van der Waals surface area contributed by atoms with E-state index in [-0.39, 0.29) is 6.03 Å². The first-order chi connectivity index (χ1) is 13.0. The van der Waals surface area contributed by atoms with E-state index in [1.807, 2.05) is 26.8 Å². The molecule has 7 nitrogen and oxygen atoms in total. The third-order valence-corrected chi connectivity index (χ3v) is 4.60. The Kier molecular flexibility index (Phi) is 7.53. The molecule has 0 saturated heterocycles. The van der Waals surface area contributed by atoms with Gasteiger partial charge >= 0.3 is 12.0 Å². The summed E-state index contributed by atoms with van der Waals surface area (Å²) in [4.78, 5) is 24.6. The third kappa shape index (κ3) is 4.74. The maximum atomic E-state index is 12.5. The Morgan fingerprint density at radius 1 is 1.19 bits per heavy atom. The van der Waals surface area contributed by atoms with E-state index < -0.39 is 12.0 Å². The molecule has 2 amide bonds. The number of allylic oxidation sites excluding steroid dienone is 1. The van der Waals surface area contributed by atoms with Gasteiger partial charge in [0.05, 0.1) is 36.4 Å². The normalized spacial score (nSPS) is 16.5. The van der Waals surface area contributed by atoms with E-state index in [2.05, 4.69) is 26.6 Å². The number of nitrogens with one attached hydrogen (secondary N) is 2. The van der Waals surface area contributed by atoms with Crippen LogP contribution in [-0.2, 0) is 9.53 Å². The monoisotopic (exact) mass is 440 g/mol. The van der Waals surface area contributed by atoms with Gasteiger partial charge in [-0.1, -0.05) is 13.3 Å². The summed E-state index contributed by atoms with van der Waals surface area (Å²) in [7, 11) is 1.33. The molecule has 0 saturated carbocycles. The lowest BCUT2D eigenvalue weighted by atomic mass is 9.93. The molecule has 1 aromatic carbocycles. The number of amides is 2. The van der Waals surface area contributed by atoms with Crippen molar-refractivity contribution in [2.45, 2.75) is 39.7 Å². The number of hydrogen-bond acceptors (Lipinski definition) is 5. The summed E-state index contributed by atoms with van der Waals surface area (Å²) in [6.45, 7) is 6.68. The van der Waals surface area contributed by atoms with Gasteiger partial charge in [-0.05, 0) is 53.9 Å². The van der Waals surface area contributed by atoms with Crippen molar-refractivity contribution >= 4 is 27.9 Å². The fraction of sp³-hybridized carbons (Fsp3) is 0.474. The quantitative estimate of drug-likeness (QED) is 0.599. The van der Waals surface area contributed by atoms with Crippen LogP contribution in [0.15, 0.2) is 27.9 Å². The number of hydrogen-bond donors (Lipinski definition) is 2. The van der Waals surface area contributed by atoms with E-state index >= 15 is 0 Å². The van der Waals surface area contributed by atoms with E-state index in [1.54, 1.807) is 6.07 Å². The number of benzene rings is 1. The smallest absolute Gasteiger partial charge is 0.337 e. The van der Waals surface area contributed by atoms with Crippen LogP contribution in [0, 0.1) is 0 Å². The van der Waals surface area contributed by atoms with Gasteiger partial charge < -0.3 is 24.8 Å². The first kappa shape index (κ1) is 21.1. The zero-order valence-electron chi connectivity index (χ0n) is 16.0. The van der Waals surface area contributed by atoms with Crippen molar-refractivity contribution in [2.75, 3.05) is 20.3 Å². The molecular weight excluding hydrogens is 416 g/mol. The molecule has 1 atom stereocenters. The molecule has 0 radical (unpaired) electrons. The minimum absolute atomic E-state index is 0.362. The molecule has 148 valence electrons. The molecule has 1 unspecified atom stereocenters. The zero-order chi connectivity index (χ0) is 20.0. The first-order valence-electron chi connectivity index (χ1n) is 8.94. The highest BCUT2D eigenvalue weighted by Crippen LogP contribution is 2.40. The minimum Gasteiger partial charge on any atom is -0.490 e. The third-order valence-electron chi connectivity index (χ3n) is 4.01. The topological polar surface area (TPSA) is 85.9 Å². The molecule has 0 bridgehead atoms. The van der Waals surface area contributed by atoms with Gasteiger partial charge in [-0.25, -0.2) is 9.59 Å². The average molecular weight is 441 g/mol. The molecule has 1 heterocycles. The van der Waals surface area contributed by atoms with Crippen LogP contribution in [0.5, 0.6) is 11.5 Å². The van der Waals surface area contributed by atoms with Crippen LogP contribution in [0.4, 0.5) is 4.79 Å². The Morgan fingerprint density at radius 3 is 2.48 bits per heavy atom. The van der Waals surface area contributed by atoms with Gasteiger partial charge in [0.15, 0.2) is 11.5 Å². The largest absolute Gasteiger partial charge is 0.490 e. The molecule has 1 aliphatic heterocycles. The van der Waals surface area contributed by atoms with Crippen LogP contribution in [0.2, 0.25) is 0 Å². The molecule has 0 spiro atoms. The number of halogens is 1. The molecule has 27 heavy (non-hydrogen) atoms. The Labute approximate surface area is 167 Å². The first-order valence-corrected chi connectivity index (χ1v) is 9.73. The SMILES string of the molecule is CCCC1=C(C(=O)OC)C(c2cc(Br)c(OCC)c(OCC)c2)NC(=O)N1. The summed E-state index contributed by atoms with van der Waals surface area (Å²) in [5, 5.41) is 5.54. The molecule has 2 rings (SSSR count). The van der Waals surface area contributed by atoms with E-state index in [4.69, 9.17) is 14.2 Å². The van der Waals surface area contributed by atoms with Crippen molar-refractivity contribution in [3.63, 3.8) is 0 Å². The number of urea groups is 1. The second-order valence-electron chi connectivity index (χ2n) is 5.86. The maximum absolute atomic E-state index is 12.5. The average Bonchev–Trinajstić information content (AvgIpc) is 2.63. The van der Waals surface area contributed by atoms with E-state index in [0.29, 0.717) is 52.4 Å². The van der Waals surface area contributed by atoms with Crippen LogP contribution in [0.3, 0.4) is 0 Å². The van der Waals surface area contributed by atoms with Crippen molar-refractivity contribution in [1.29, 1.82) is 0 Å². The van der Waals surface area contributed by atoms with Crippen LogP contribution in [0.1, 0.15) is 45.2 Å². The number of ether oxygens (including phenoxy) is 3. The van der Waals surface area contributed by atoms with E-state index in [9.17, 15) is 9.59 Å². The lowest BCUT2D eigenvalue weighted by Crippen LogP contribution is -2.45. The summed E-state index contributed by atoms with van der Waals surface area (Å²) < 4.78 is 17.0. The van der Waals surface area contributed by atoms with Gasteiger partial charge in [-0.3, -0.25) is 0 Å². The number of esters is 1. The Bertz CT molecular complexity index is 748. The fourth-order valence-electron chi connectivity index (χ4n) is 2.97. The second kappa shape index (κ2) is 9.64. The van der Waals surface area contributed by atoms with Crippen molar-refractivity contribution in [3.05, 3.63) is 33.4 Å². The van der Waals surface area contributed by atoms with Crippen molar-refractivity contribution in [1.82, 2.24) is 10.6 Å². The molecule has 1 aromatic rings. The van der Waals surface area contributed by atoms with Crippen LogP contribution < -0.4 is 20.1 Å². The lowest BCUT2D eigenvalue weighted by Gasteiger charge is -2.29. The molecule has 1 aliphatic rings. The maximum Gasteiger partial charge on any atom is 0.337 e. The Balaban J connectivity index is 2.60. The van der Waals surface area contributed by atoms with Crippen LogP contribution in [-0.4, -0.2) is 32.3 Å². The summed E-state index contributed by atoms with van der Waals surface area (Å²) >= 11 is 3.51. The minimum atomic E-state index is -0.654. The van der Waals surface area contributed by atoms with Crippen LogP contribution in [0.25, 0.3) is 0 Å². The second-order valence-corrected chi connectivity index (χ2v) is 6.72. The van der Waals surface area contributed by atoms with Gasteiger partial charge in [0, 0.05) is 5.70 Å². The van der Waals surface area contributed by atoms with E-state index in [1.165, 1.54) is 7.11 Å². The number of rotatable bonds is 8. The summed E-state index contributed by atoms with van der Waals surface area (Å²) in [6, 6.07) is 2.58. The number of methoxy groups -OCH3 is 1. The number of carbonyl (C=O) groups excluding carboxylic acids is 2. The van der Waals surface area contributed by atoms with Gasteiger partial charge in [0.25, 0.3) is 0 Å². The van der Waals surface area contributed by atoms with Crippen LogP contribution >= 0.6 is 15.9 Å². The molecule has 0 aromatic heterocycles. The molecule has 0 aliphatic carbocycles. The fourth-order valence-corrected chi connectivity index (χ4v) is 3.54. The molecule has 2 N–H and O–H groups in total.